The van der Waals surface area contributed by atoms with E-state index >= 15 is 0 Å². The van der Waals surface area contributed by atoms with Gasteiger partial charge in [-0.3, -0.25) is 13.8 Å². The molecule has 3 atom stereocenters. The zero-order chi connectivity index (χ0) is 49.2. The van der Waals surface area contributed by atoms with Crippen molar-refractivity contribution in [2.75, 3.05) is 40.9 Å². The number of carbonyl (C=O) groups is 1. The topological polar surface area (TPSA) is 105 Å². The first-order valence-corrected chi connectivity index (χ1v) is 28.6. The molecule has 3 N–H and O–H groups in total. The molecule has 3 unspecified atom stereocenters. The fourth-order valence-corrected chi connectivity index (χ4v) is 8.09. The summed E-state index contributed by atoms with van der Waals surface area (Å²) in [7, 11) is 1.60. The molecule has 0 aliphatic carbocycles. The van der Waals surface area contributed by atoms with Crippen molar-refractivity contribution in [3.8, 4) is 0 Å². The smallest absolute Gasteiger partial charge is 0.391 e. The van der Waals surface area contributed by atoms with Gasteiger partial charge in [-0.25, -0.2) is 4.57 Å². The lowest BCUT2D eigenvalue weighted by Gasteiger charge is -2.26. The minimum absolute atomic E-state index is 0.0709. The van der Waals surface area contributed by atoms with E-state index in [0.717, 1.165) is 89.9 Å². The highest BCUT2D eigenvalue weighted by molar-refractivity contribution is 7.47. The highest BCUT2D eigenvalue weighted by Crippen LogP contribution is 2.43. The van der Waals surface area contributed by atoms with Crippen molar-refractivity contribution in [2.45, 2.75) is 225 Å². The number of hydrogen-bond acceptors (Lipinski definition) is 5. The summed E-state index contributed by atoms with van der Waals surface area (Å²) in [6.07, 6.45) is 69.3. The maximum atomic E-state index is 12.9. The molecule has 0 aliphatic heterocycles. The molecule has 0 fully saturated rings. The lowest BCUT2D eigenvalue weighted by atomic mass is 10.0. The van der Waals surface area contributed by atoms with Crippen LogP contribution >= 0.6 is 7.82 Å². The number of nitrogens with zero attached hydrogens (tertiary/aromatic N) is 1. The largest absolute Gasteiger partial charge is 0.472 e. The molecule has 0 radical (unpaired) electrons. The molecule has 8 nitrogen and oxygen atoms in total. The molecule has 0 aromatic heterocycles. The van der Waals surface area contributed by atoms with Crippen molar-refractivity contribution in [2.24, 2.45) is 0 Å². The van der Waals surface area contributed by atoms with Crippen LogP contribution in [0.1, 0.15) is 213 Å². The number of aliphatic hydroxyl groups excluding tert-OH is 1. The molecular formula is C58H104N2O6P+. The van der Waals surface area contributed by atoms with Crippen LogP contribution in [0.15, 0.2) is 97.2 Å². The molecule has 0 saturated heterocycles. The normalized spacial score (nSPS) is 14.8. The summed E-state index contributed by atoms with van der Waals surface area (Å²) >= 11 is 0. The second kappa shape index (κ2) is 48.4. The van der Waals surface area contributed by atoms with Crippen LogP contribution in [0.4, 0.5) is 0 Å². The number of quaternary nitrogens is 1. The Hall–Kier alpha value is -2.58. The quantitative estimate of drug-likeness (QED) is 0.0243. The average molecular weight is 956 g/mol. The Bertz CT molecular complexity index is 1410. The molecule has 9 heteroatoms. The number of nitrogens with one attached hydrogen (secondary N) is 1. The van der Waals surface area contributed by atoms with E-state index in [4.69, 9.17) is 9.05 Å². The van der Waals surface area contributed by atoms with E-state index in [2.05, 4.69) is 116 Å². The summed E-state index contributed by atoms with van der Waals surface area (Å²) in [4.78, 5) is 23.1. The molecule has 0 heterocycles. The van der Waals surface area contributed by atoms with Crippen LogP contribution in [-0.2, 0) is 18.4 Å². The fraction of sp³-hybridized carbons (Fsp3) is 0.707. The Kier molecular flexibility index (Phi) is 46.6. The highest BCUT2D eigenvalue weighted by Gasteiger charge is 2.28. The van der Waals surface area contributed by atoms with Gasteiger partial charge in [-0.15, -0.1) is 0 Å². The molecule has 67 heavy (non-hydrogen) atoms. The SMILES string of the molecule is CC/C=C\C/C=C\C/C=C\C/C=C\C/C=C\C/C=C\C/C=C\C/C=C\CCCCCCCCCCCCCCCCC(=O)NC(COP(=O)(O)OCC[N+](C)(C)C)C(O)CCCCCCCC. The molecule has 386 valence electrons. The molecule has 0 aliphatic rings. The van der Waals surface area contributed by atoms with Gasteiger partial charge in [0.15, 0.2) is 0 Å². The van der Waals surface area contributed by atoms with Crippen molar-refractivity contribution >= 4 is 13.7 Å². The van der Waals surface area contributed by atoms with Crippen molar-refractivity contribution in [3.63, 3.8) is 0 Å². The standard InChI is InChI=1S/C58H103N2O6P/c1-6-8-10-12-14-15-16-17-18-19-20-21-22-23-24-25-26-27-28-29-30-31-32-33-34-35-36-37-38-39-40-41-42-43-44-45-46-48-50-52-58(62)59-56(57(61)51-49-47-13-11-9-7-2)55-66-67(63,64)65-54-53-60(3,4)5/h8,10,14-15,17-18,20-21,23-24,26-27,29-30,32-33,56-57,61H,6-7,9,11-13,16,19,22,25,28,31,34-55H2,1-5H3,(H-,59,62,63,64)/p+1/b10-8-,15-14-,18-17-,21-20-,24-23-,27-26-,30-29-,33-32-. The Balaban J connectivity index is 3.87. The Labute approximate surface area is 413 Å². The number of amides is 1. The minimum Gasteiger partial charge on any atom is -0.391 e. The second-order valence-electron chi connectivity index (χ2n) is 19.2. The predicted octanol–water partition coefficient (Wildman–Crippen LogP) is 16.3. The number of allylic oxidation sites excluding steroid dienone is 16. The van der Waals surface area contributed by atoms with E-state index in [1.165, 1.54) is 96.3 Å². The monoisotopic (exact) mass is 956 g/mol. The molecule has 0 aromatic rings. The van der Waals surface area contributed by atoms with E-state index in [0.29, 0.717) is 23.9 Å². The predicted molar refractivity (Wildman–Crippen MR) is 290 cm³/mol. The van der Waals surface area contributed by atoms with Crippen molar-refractivity contribution < 1.29 is 32.9 Å². The number of phosphoric acid groups is 1. The van der Waals surface area contributed by atoms with Crippen molar-refractivity contribution in [1.82, 2.24) is 5.32 Å². The maximum absolute atomic E-state index is 12.9. The number of aliphatic hydroxyl groups is 1. The van der Waals surface area contributed by atoms with E-state index in [1.54, 1.807) is 0 Å². The molecule has 0 rings (SSSR count). The third kappa shape index (κ3) is 51.1. The van der Waals surface area contributed by atoms with E-state index in [9.17, 15) is 19.4 Å². The van der Waals surface area contributed by atoms with Crippen LogP contribution in [0, 0.1) is 0 Å². The van der Waals surface area contributed by atoms with Gasteiger partial charge in [0.05, 0.1) is 39.9 Å². The van der Waals surface area contributed by atoms with E-state index in [1.807, 2.05) is 21.1 Å². The van der Waals surface area contributed by atoms with Gasteiger partial charge in [0.25, 0.3) is 0 Å². The highest BCUT2D eigenvalue weighted by atomic mass is 31.2. The van der Waals surface area contributed by atoms with Crippen LogP contribution in [0.25, 0.3) is 0 Å². The maximum Gasteiger partial charge on any atom is 0.472 e. The molecule has 0 bridgehead atoms. The van der Waals surface area contributed by atoms with Crippen LogP contribution < -0.4 is 5.32 Å². The number of phosphoric ester groups is 1. The second-order valence-corrected chi connectivity index (χ2v) is 20.7. The Morgan fingerprint density at radius 1 is 0.522 bits per heavy atom. The van der Waals surface area contributed by atoms with Gasteiger partial charge in [-0.05, 0) is 77.0 Å². The van der Waals surface area contributed by atoms with Crippen LogP contribution in [0.3, 0.4) is 0 Å². The van der Waals surface area contributed by atoms with Crippen LogP contribution in [0.5, 0.6) is 0 Å². The van der Waals surface area contributed by atoms with Crippen molar-refractivity contribution in [1.29, 1.82) is 0 Å². The molecular weight excluding hydrogens is 852 g/mol. The summed E-state index contributed by atoms with van der Waals surface area (Å²) in [5.41, 5.74) is 0. The third-order valence-corrected chi connectivity index (χ3v) is 12.6. The third-order valence-electron chi connectivity index (χ3n) is 11.6. The van der Waals surface area contributed by atoms with Gasteiger partial charge in [0.1, 0.15) is 13.2 Å². The Morgan fingerprint density at radius 2 is 0.896 bits per heavy atom. The summed E-state index contributed by atoms with van der Waals surface area (Å²) in [5, 5.41) is 13.8. The number of likely N-dealkylation sites (N-methyl/N-ethyl adjacent to an activating group) is 1. The van der Waals surface area contributed by atoms with Gasteiger partial charge >= 0.3 is 7.82 Å². The lowest BCUT2D eigenvalue weighted by molar-refractivity contribution is -0.870. The fourth-order valence-electron chi connectivity index (χ4n) is 7.36. The van der Waals surface area contributed by atoms with Crippen LogP contribution in [-0.4, -0.2) is 73.4 Å². The van der Waals surface area contributed by atoms with E-state index in [-0.39, 0.29) is 19.1 Å². The first-order valence-electron chi connectivity index (χ1n) is 27.1. The van der Waals surface area contributed by atoms with Gasteiger partial charge < -0.3 is 19.8 Å². The molecule has 0 spiro atoms. The Morgan fingerprint density at radius 3 is 1.31 bits per heavy atom. The molecule has 1 amide bonds. The number of rotatable bonds is 48. The first-order chi connectivity index (χ1) is 32.5. The summed E-state index contributed by atoms with van der Waals surface area (Å²) < 4.78 is 23.5. The van der Waals surface area contributed by atoms with Gasteiger partial charge in [-0.2, -0.15) is 0 Å². The average Bonchev–Trinajstić information content (AvgIpc) is 3.29. The number of hydrogen-bond donors (Lipinski definition) is 3. The van der Waals surface area contributed by atoms with E-state index < -0.39 is 20.0 Å². The summed E-state index contributed by atoms with van der Waals surface area (Å²) in [6, 6.07) is -0.761. The molecule has 0 saturated carbocycles. The number of unbranched alkanes of at least 4 members (excludes halogenated alkanes) is 19. The zero-order valence-electron chi connectivity index (χ0n) is 43.9. The lowest BCUT2D eigenvalue weighted by Crippen LogP contribution is -2.46. The van der Waals surface area contributed by atoms with Gasteiger partial charge in [-0.1, -0.05) is 227 Å². The first kappa shape index (κ1) is 64.4. The van der Waals surface area contributed by atoms with Crippen molar-refractivity contribution in [3.05, 3.63) is 97.2 Å². The van der Waals surface area contributed by atoms with Gasteiger partial charge in [0.2, 0.25) is 5.91 Å². The zero-order valence-corrected chi connectivity index (χ0v) is 44.8. The van der Waals surface area contributed by atoms with Crippen LogP contribution in [0.2, 0.25) is 0 Å². The van der Waals surface area contributed by atoms with Gasteiger partial charge in [0, 0.05) is 6.42 Å². The molecule has 0 aromatic carbocycles. The summed E-state index contributed by atoms with van der Waals surface area (Å²) in [5.74, 6) is -0.154. The number of carbonyl (C=O) groups excluding carboxylic acids is 1. The minimum atomic E-state index is -4.31. The summed E-state index contributed by atoms with van der Waals surface area (Å²) in [6.45, 7) is 4.69.